The Labute approximate surface area is 224 Å². The first kappa shape index (κ1) is 26.2. The lowest BCUT2D eigenvalue weighted by Gasteiger charge is -2.35. The number of ether oxygens (including phenoxy) is 1. The highest BCUT2D eigenvalue weighted by atomic mass is 19.4. The summed E-state index contributed by atoms with van der Waals surface area (Å²) in [4.78, 5) is 0. The van der Waals surface area contributed by atoms with Gasteiger partial charge in [-0.2, -0.15) is 13.2 Å². The minimum absolute atomic E-state index is 0.0625. The van der Waals surface area contributed by atoms with Gasteiger partial charge in [-0.05, 0) is 60.1 Å². The number of benzene rings is 2. The molecule has 3 aromatic rings. The average Bonchev–Trinajstić information content (AvgIpc) is 3.41. The van der Waals surface area contributed by atoms with Crippen LogP contribution in [0.2, 0.25) is 0 Å². The third-order valence-electron chi connectivity index (χ3n) is 8.59. The molecule has 0 amide bonds. The fourth-order valence-electron chi connectivity index (χ4n) is 6.91. The Hall–Kier alpha value is -3.00. The standard InChI is InChI=1S/C31H31F5NO2/c1-29(2)15-23-26(30(16-29)17-39-30)24(18-9-13-22(32)14-10-18)25(28(37(23)38)20-5-3-4-6-20)27(33)19-7-11-21(12-8-19)31(34,35)36/h7-14,20,27,38H,3-6,15-17H2,1-2H3/q+1. The van der Waals surface area contributed by atoms with Crippen LogP contribution in [0.5, 0.6) is 0 Å². The van der Waals surface area contributed by atoms with E-state index in [2.05, 4.69) is 13.8 Å². The molecular weight excluding hydrogens is 513 g/mol. The molecule has 0 bridgehead atoms. The zero-order valence-electron chi connectivity index (χ0n) is 21.9. The smallest absolute Gasteiger partial charge is 0.364 e. The molecule has 6 rings (SSSR count). The van der Waals surface area contributed by atoms with Crippen LogP contribution in [0.3, 0.4) is 0 Å². The van der Waals surface area contributed by atoms with Crippen LogP contribution in [0.25, 0.3) is 11.1 Å². The lowest BCUT2D eigenvalue weighted by molar-refractivity contribution is -0.916. The van der Waals surface area contributed by atoms with Gasteiger partial charge in [0.2, 0.25) is 11.4 Å². The third-order valence-corrected chi connectivity index (χ3v) is 8.59. The summed E-state index contributed by atoms with van der Waals surface area (Å²) in [6, 6.07) is 9.93. The quantitative estimate of drug-likeness (QED) is 0.157. The summed E-state index contributed by atoms with van der Waals surface area (Å²) in [5.41, 5.74) is 1.48. The second kappa shape index (κ2) is 9.01. The molecule has 1 aliphatic heterocycles. The summed E-state index contributed by atoms with van der Waals surface area (Å²) in [5, 5.41) is 11.8. The Morgan fingerprint density at radius 1 is 1.00 bits per heavy atom. The molecular formula is C31H31F5NO2+. The van der Waals surface area contributed by atoms with Crippen LogP contribution < -0.4 is 4.73 Å². The van der Waals surface area contributed by atoms with Gasteiger partial charge in [0.25, 0.3) is 0 Å². The van der Waals surface area contributed by atoms with Gasteiger partial charge in [0, 0.05) is 22.6 Å². The van der Waals surface area contributed by atoms with Gasteiger partial charge in [-0.15, -0.1) is 0 Å². The summed E-state index contributed by atoms with van der Waals surface area (Å²) < 4.78 is 77.9. The van der Waals surface area contributed by atoms with Crippen LogP contribution in [-0.2, 0) is 22.9 Å². The molecule has 0 radical (unpaired) electrons. The maximum Gasteiger partial charge on any atom is 0.416 e. The fraction of sp³-hybridized carbons (Fsp3) is 0.452. The molecule has 1 N–H and O–H groups in total. The van der Waals surface area contributed by atoms with Crippen LogP contribution in [0, 0.1) is 11.2 Å². The van der Waals surface area contributed by atoms with E-state index in [1.165, 1.54) is 12.1 Å². The molecule has 2 fully saturated rings. The molecule has 1 saturated heterocycles. The van der Waals surface area contributed by atoms with E-state index in [4.69, 9.17) is 4.74 Å². The average molecular weight is 545 g/mol. The predicted octanol–water partition coefficient (Wildman–Crippen LogP) is 7.95. The molecule has 2 aliphatic carbocycles. The maximum absolute atomic E-state index is 16.9. The van der Waals surface area contributed by atoms with Gasteiger partial charge in [-0.3, -0.25) is 5.21 Å². The summed E-state index contributed by atoms with van der Waals surface area (Å²) >= 11 is 0. The number of halogens is 5. The van der Waals surface area contributed by atoms with Crippen molar-refractivity contribution in [3.8, 4) is 11.1 Å². The Balaban J connectivity index is 1.66. The Kier molecular flexibility index (Phi) is 6.06. The molecule has 2 unspecified atom stereocenters. The minimum atomic E-state index is -4.54. The fourth-order valence-corrected chi connectivity index (χ4v) is 6.91. The van der Waals surface area contributed by atoms with Crippen molar-refractivity contribution in [1.29, 1.82) is 0 Å². The monoisotopic (exact) mass is 544 g/mol. The minimum Gasteiger partial charge on any atom is -0.364 e. The second-order valence-corrected chi connectivity index (χ2v) is 12.1. The van der Waals surface area contributed by atoms with Gasteiger partial charge in [0.1, 0.15) is 11.4 Å². The van der Waals surface area contributed by atoms with Crippen molar-refractivity contribution in [1.82, 2.24) is 0 Å². The molecule has 1 spiro atoms. The van der Waals surface area contributed by atoms with E-state index in [9.17, 15) is 22.8 Å². The van der Waals surface area contributed by atoms with Crippen LogP contribution in [0.4, 0.5) is 22.0 Å². The Morgan fingerprint density at radius 3 is 2.18 bits per heavy atom. The van der Waals surface area contributed by atoms with E-state index in [0.29, 0.717) is 47.5 Å². The van der Waals surface area contributed by atoms with Crippen molar-refractivity contribution in [2.75, 3.05) is 6.61 Å². The molecule has 1 aromatic heterocycles. The van der Waals surface area contributed by atoms with Crippen LogP contribution >= 0.6 is 0 Å². The SMILES string of the molecule is CC1(C)Cc2c(c(-c3ccc(F)cc3)c(C(F)c3ccc(C(F)(F)F)cc3)c(C3CCCC3)[n+]2O)C2(CO2)C1. The van der Waals surface area contributed by atoms with E-state index in [0.717, 1.165) is 54.7 Å². The van der Waals surface area contributed by atoms with Gasteiger partial charge >= 0.3 is 6.18 Å². The summed E-state index contributed by atoms with van der Waals surface area (Å²) in [6.45, 7) is 4.64. The Bertz CT molecular complexity index is 1400. The first-order chi connectivity index (χ1) is 18.4. The molecule has 3 aliphatic rings. The topological polar surface area (TPSA) is 36.6 Å². The zero-order chi connectivity index (χ0) is 27.7. The molecule has 39 heavy (non-hydrogen) atoms. The van der Waals surface area contributed by atoms with Crippen molar-refractivity contribution in [2.24, 2.45) is 5.41 Å². The largest absolute Gasteiger partial charge is 0.416 e. The Morgan fingerprint density at radius 2 is 1.62 bits per heavy atom. The summed E-state index contributed by atoms with van der Waals surface area (Å²) in [7, 11) is 0. The molecule has 1 saturated carbocycles. The molecule has 206 valence electrons. The van der Waals surface area contributed by atoms with Gasteiger partial charge in [0.05, 0.1) is 23.3 Å². The zero-order valence-corrected chi connectivity index (χ0v) is 21.9. The van der Waals surface area contributed by atoms with Crippen LogP contribution in [0.1, 0.15) is 91.7 Å². The van der Waals surface area contributed by atoms with Crippen molar-refractivity contribution in [2.45, 2.75) is 76.2 Å². The number of epoxide rings is 1. The first-order valence-electron chi connectivity index (χ1n) is 13.5. The summed E-state index contributed by atoms with van der Waals surface area (Å²) in [5.74, 6) is -0.556. The van der Waals surface area contributed by atoms with Crippen molar-refractivity contribution in [3.05, 3.63) is 88.0 Å². The van der Waals surface area contributed by atoms with Gasteiger partial charge in [-0.25, -0.2) is 8.78 Å². The van der Waals surface area contributed by atoms with E-state index < -0.39 is 29.3 Å². The molecule has 8 heteroatoms. The number of alkyl halides is 4. The number of fused-ring (bicyclic) bond motifs is 2. The molecule has 3 nitrogen and oxygen atoms in total. The maximum atomic E-state index is 16.9. The normalized spacial score (nSPS) is 23.2. The van der Waals surface area contributed by atoms with E-state index >= 15 is 4.39 Å². The highest BCUT2D eigenvalue weighted by molar-refractivity contribution is 5.75. The molecule has 2 atom stereocenters. The van der Waals surface area contributed by atoms with Crippen molar-refractivity contribution in [3.63, 3.8) is 0 Å². The number of hydrogen-bond donors (Lipinski definition) is 1. The molecule has 2 aromatic carbocycles. The lowest BCUT2D eigenvalue weighted by Crippen LogP contribution is -2.49. The number of pyridine rings is 1. The molecule has 2 heterocycles. The number of nitrogens with zero attached hydrogens (tertiary/aromatic N) is 1. The van der Waals surface area contributed by atoms with E-state index in [1.54, 1.807) is 12.1 Å². The van der Waals surface area contributed by atoms with Gasteiger partial charge in [0.15, 0.2) is 6.17 Å². The number of rotatable bonds is 4. The van der Waals surface area contributed by atoms with Crippen molar-refractivity contribution < 1.29 is 36.6 Å². The van der Waals surface area contributed by atoms with E-state index in [1.807, 2.05) is 0 Å². The second-order valence-electron chi connectivity index (χ2n) is 12.1. The number of hydrogen-bond acceptors (Lipinski definition) is 2. The lowest BCUT2D eigenvalue weighted by atomic mass is 9.67. The van der Waals surface area contributed by atoms with Crippen LogP contribution in [0.15, 0.2) is 48.5 Å². The van der Waals surface area contributed by atoms with Gasteiger partial charge in [-0.1, -0.05) is 51.0 Å². The van der Waals surface area contributed by atoms with E-state index in [-0.39, 0.29) is 22.5 Å². The third kappa shape index (κ3) is 4.50. The van der Waals surface area contributed by atoms with Crippen molar-refractivity contribution >= 4 is 0 Å². The van der Waals surface area contributed by atoms with Gasteiger partial charge < -0.3 is 4.74 Å². The first-order valence-corrected chi connectivity index (χ1v) is 13.5. The van der Waals surface area contributed by atoms with Crippen LogP contribution in [-0.4, -0.2) is 11.8 Å². The highest BCUT2D eigenvalue weighted by Crippen LogP contribution is 2.58. The summed E-state index contributed by atoms with van der Waals surface area (Å²) in [6.07, 6.45) is -1.76. The number of aromatic nitrogens is 1. The highest BCUT2D eigenvalue weighted by Gasteiger charge is 2.60. The predicted molar refractivity (Wildman–Crippen MR) is 135 cm³/mol.